The molecule has 0 aliphatic carbocycles. The molecule has 7 nitrogen and oxygen atoms in total. The van der Waals surface area contributed by atoms with Crippen molar-refractivity contribution < 1.29 is 8.42 Å². The number of aromatic nitrogens is 3. The first-order valence-electron chi connectivity index (χ1n) is 7.83. The van der Waals surface area contributed by atoms with Crippen molar-refractivity contribution in [1.29, 1.82) is 0 Å². The minimum atomic E-state index is -3.28. The molecule has 3 aromatic rings. The van der Waals surface area contributed by atoms with Crippen LogP contribution in [0.4, 0.5) is 5.82 Å². The molecule has 0 atom stereocenters. The Bertz CT molecular complexity index is 1140. The number of anilines is 1. The lowest BCUT2D eigenvalue weighted by Crippen LogP contribution is -2.14. The van der Waals surface area contributed by atoms with E-state index in [1.807, 2.05) is 13.8 Å². The Hall–Kier alpha value is -2.26. The van der Waals surface area contributed by atoms with E-state index in [4.69, 9.17) is 0 Å². The molecule has 0 aliphatic heterocycles. The molecular formula is C17H17BrN4O3S. The third kappa shape index (κ3) is 3.78. The van der Waals surface area contributed by atoms with Gasteiger partial charge in [-0.3, -0.25) is 4.79 Å². The van der Waals surface area contributed by atoms with Crippen molar-refractivity contribution in [1.82, 2.24) is 15.0 Å². The van der Waals surface area contributed by atoms with Gasteiger partial charge in [-0.05, 0) is 60.1 Å². The Labute approximate surface area is 158 Å². The standard InChI is InChI=1S/C17H17BrN4O3S/c1-9(2)19-16-13(18)8-12-15(21-16)20-14(22-17(12)23)10-4-6-11(7-5-10)26(3,24)25/h4-9H,1-3H3,(H2,19,20,21,22,23). The molecule has 0 bridgehead atoms. The zero-order valence-corrected chi connectivity index (χ0v) is 16.8. The predicted molar refractivity (Wildman–Crippen MR) is 105 cm³/mol. The van der Waals surface area contributed by atoms with E-state index in [0.29, 0.717) is 32.7 Å². The van der Waals surface area contributed by atoms with Gasteiger partial charge in [0.25, 0.3) is 5.56 Å². The van der Waals surface area contributed by atoms with Gasteiger partial charge in [0.05, 0.1) is 14.8 Å². The highest BCUT2D eigenvalue weighted by Crippen LogP contribution is 2.25. The Morgan fingerprint density at radius 3 is 2.38 bits per heavy atom. The minimum Gasteiger partial charge on any atom is -0.367 e. The summed E-state index contributed by atoms with van der Waals surface area (Å²) in [5.41, 5.74) is 0.586. The number of pyridine rings is 1. The molecule has 3 rings (SSSR count). The van der Waals surface area contributed by atoms with Crippen LogP contribution in [-0.2, 0) is 9.84 Å². The number of fused-ring (bicyclic) bond motifs is 1. The molecule has 136 valence electrons. The molecule has 0 aliphatic rings. The van der Waals surface area contributed by atoms with Crippen molar-refractivity contribution in [2.24, 2.45) is 0 Å². The average Bonchev–Trinajstić information content (AvgIpc) is 2.55. The van der Waals surface area contributed by atoms with Crippen molar-refractivity contribution in [2.75, 3.05) is 11.6 Å². The maximum Gasteiger partial charge on any atom is 0.260 e. The van der Waals surface area contributed by atoms with Gasteiger partial charge in [0, 0.05) is 17.9 Å². The maximum absolute atomic E-state index is 12.4. The van der Waals surface area contributed by atoms with Crippen LogP contribution < -0.4 is 10.9 Å². The Morgan fingerprint density at radius 2 is 1.81 bits per heavy atom. The summed E-state index contributed by atoms with van der Waals surface area (Å²) in [6.07, 6.45) is 1.14. The second kappa shape index (κ2) is 6.81. The first kappa shape index (κ1) is 18.5. The van der Waals surface area contributed by atoms with Crippen molar-refractivity contribution in [3.05, 3.63) is 45.2 Å². The summed E-state index contributed by atoms with van der Waals surface area (Å²) in [5.74, 6) is 0.928. The van der Waals surface area contributed by atoms with Crippen molar-refractivity contribution in [2.45, 2.75) is 24.8 Å². The van der Waals surface area contributed by atoms with Crippen LogP contribution >= 0.6 is 15.9 Å². The van der Waals surface area contributed by atoms with E-state index in [1.54, 1.807) is 18.2 Å². The summed E-state index contributed by atoms with van der Waals surface area (Å²) in [6, 6.07) is 8.01. The highest BCUT2D eigenvalue weighted by atomic mass is 79.9. The van der Waals surface area contributed by atoms with Gasteiger partial charge in [0.1, 0.15) is 11.6 Å². The highest BCUT2D eigenvalue weighted by molar-refractivity contribution is 9.10. The second-order valence-electron chi connectivity index (χ2n) is 6.20. The molecule has 26 heavy (non-hydrogen) atoms. The number of H-pyrrole nitrogens is 1. The zero-order chi connectivity index (χ0) is 19.1. The van der Waals surface area contributed by atoms with E-state index >= 15 is 0 Å². The van der Waals surface area contributed by atoms with E-state index in [-0.39, 0.29) is 16.5 Å². The molecule has 1 aromatic carbocycles. The van der Waals surface area contributed by atoms with Crippen LogP contribution in [0.15, 0.2) is 44.5 Å². The molecule has 0 unspecified atom stereocenters. The van der Waals surface area contributed by atoms with Gasteiger partial charge < -0.3 is 10.3 Å². The number of hydrogen-bond acceptors (Lipinski definition) is 6. The number of nitrogens with zero attached hydrogens (tertiary/aromatic N) is 2. The van der Waals surface area contributed by atoms with Crippen LogP contribution in [0, 0.1) is 0 Å². The van der Waals surface area contributed by atoms with E-state index < -0.39 is 9.84 Å². The molecule has 0 fully saturated rings. The largest absolute Gasteiger partial charge is 0.367 e. The van der Waals surface area contributed by atoms with Gasteiger partial charge in [0.2, 0.25) is 0 Å². The lowest BCUT2D eigenvalue weighted by molar-refractivity contribution is 0.602. The summed E-state index contributed by atoms with van der Waals surface area (Å²) in [7, 11) is -3.28. The summed E-state index contributed by atoms with van der Waals surface area (Å²) in [6.45, 7) is 3.97. The number of benzene rings is 1. The van der Waals surface area contributed by atoms with Gasteiger partial charge in [0.15, 0.2) is 15.5 Å². The van der Waals surface area contributed by atoms with Crippen LogP contribution in [0.5, 0.6) is 0 Å². The molecule has 0 radical (unpaired) electrons. The van der Waals surface area contributed by atoms with Gasteiger partial charge >= 0.3 is 0 Å². The van der Waals surface area contributed by atoms with Crippen LogP contribution in [0.2, 0.25) is 0 Å². The van der Waals surface area contributed by atoms with E-state index in [0.717, 1.165) is 6.26 Å². The van der Waals surface area contributed by atoms with Gasteiger partial charge in [-0.1, -0.05) is 0 Å². The molecular weight excluding hydrogens is 420 g/mol. The molecule has 2 aromatic heterocycles. The first-order valence-corrected chi connectivity index (χ1v) is 10.5. The quantitative estimate of drug-likeness (QED) is 0.651. The number of sulfone groups is 1. The Kier molecular flexibility index (Phi) is 4.85. The average molecular weight is 437 g/mol. The molecule has 9 heteroatoms. The van der Waals surface area contributed by atoms with Crippen LogP contribution in [0.25, 0.3) is 22.4 Å². The predicted octanol–water partition coefficient (Wildman–Crippen LogP) is 2.97. The third-order valence-electron chi connectivity index (χ3n) is 3.63. The third-order valence-corrected chi connectivity index (χ3v) is 5.36. The SMILES string of the molecule is CC(C)Nc1nc2nc(-c3ccc(S(C)(=O)=O)cc3)[nH]c(=O)c2cc1Br. The number of rotatable bonds is 4. The first-order chi connectivity index (χ1) is 12.1. The monoisotopic (exact) mass is 436 g/mol. The fourth-order valence-electron chi connectivity index (χ4n) is 2.41. The molecule has 2 N–H and O–H groups in total. The fraction of sp³-hybridized carbons (Fsp3) is 0.235. The van der Waals surface area contributed by atoms with Crippen molar-refractivity contribution in [3.63, 3.8) is 0 Å². The van der Waals surface area contributed by atoms with Gasteiger partial charge in [-0.15, -0.1) is 0 Å². The van der Waals surface area contributed by atoms with Crippen LogP contribution in [0.1, 0.15) is 13.8 Å². The lowest BCUT2D eigenvalue weighted by atomic mass is 10.2. The lowest BCUT2D eigenvalue weighted by Gasteiger charge is -2.11. The summed E-state index contributed by atoms with van der Waals surface area (Å²) < 4.78 is 23.8. The summed E-state index contributed by atoms with van der Waals surface area (Å²) >= 11 is 3.41. The summed E-state index contributed by atoms with van der Waals surface area (Å²) in [4.78, 5) is 24.2. The molecule has 0 saturated carbocycles. The summed E-state index contributed by atoms with van der Waals surface area (Å²) in [5, 5.41) is 3.55. The molecule has 0 saturated heterocycles. The number of hydrogen-bond donors (Lipinski definition) is 2. The highest BCUT2D eigenvalue weighted by Gasteiger charge is 2.13. The van der Waals surface area contributed by atoms with Gasteiger partial charge in [-0.2, -0.15) is 0 Å². The van der Waals surface area contributed by atoms with E-state index in [9.17, 15) is 13.2 Å². The second-order valence-corrected chi connectivity index (χ2v) is 9.07. The normalized spacial score (nSPS) is 11.9. The van der Waals surface area contributed by atoms with Crippen LogP contribution in [-0.4, -0.2) is 35.7 Å². The Morgan fingerprint density at radius 1 is 1.15 bits per heavy atom. The molecule has 0 spiro atoms. The molecule has 2 heterocycles. The number of halogens is 1. The Balaban J connectivity index is 2.13. The smallest absolute Gasteiger partial charge is 0.260 e. The molecule has 0 amide bonds. The number of nitrogens with one attached hydrogen (secondary N) is 2. The van der Waals surface area contributed by atoms with Crippen molar-refractivity contribution >= 4 is 42.6 Å². The maximum atomic E-state index is 12.4. The topological polar surface area (TPSA) is 105 Å². The van der Waals surface area contributed by atoms with E-state index in [2.05, 4.69) is 36.2 Å². The van der Waals surface area contributed by atoms with Crippen LogP contribution in [0.3, 0.4) is 0 Å². The van der Waals surface area contributed by atoms with Gasteiger partial charge in [-0.25, -0.2) is 18.4 Å². The number of aromatic amines is 1. The zero-order valence-electron chi connectivity index (χ0n) is 14.4. The fourth-order valence-corrected chi connectivity index (χ4v) is 3.47. The van der Waals surface area contributed by atoms with Crippen molar-refractivity contribution in [3.8, 4) is 11.4 Å². The van der Waals surface area contributed by atoms with E-state index in [1.165, 1.54) is 12.1 Å². The minimum absolute atomic E-state index is 0.168.